The van der Waals surface area contributed by atoms with Gasteiger partial charge in [0.2, 0.25) is 5.91 Å². The first-order valence-corrected chi connectivity index (χ1v) is 8.99. The second-order valence-electron chi connectivity index (χ2n) is 6.59. The molecule has 3 unspecified atom stereocenters. The van der Waals surface area contributed by atoms with Gasteiger partial charge in [0, 0.05) is 11.3 Å². The minimum atomic E-state index is 0.147. The summed E-state index contributed by atoms with van der Waals surface area (Å²) in [6, 6.07) is 4.32. The van der Waals surface area contributed by atoms with Crippen molar-refractivity contribution in [2.75, 3.05) is 13.1 Å². The van der Waals surface area contributed by atoms with E-state index in [1.54, 1.807) is 11.3 Å². The number of nitrogens with one attached hydrogen (secondary N) is 2. The van der Waals surface area contributed by atoms with Crippen molar-refractivity contribution in [2.24, 2.45) is 17.8 Å². The van der Waals surface area contributed by atoms with Crippen LogP contribution in [0.3, 0.4) is 0 Å². The fraction of sp³-hybridized carbons (Fsp3) is 0.706. The van der Waals surface area contributed by atoms with Crippen LogP contribution in [0.1, 0.15) is 51.0 Å². The monoisotopic (exact) mass is 308 g/mol. The van der Waals surface area contributed by atoms with Crippen LogP contribution in [0.15, 0.2) is 17.5 Å². The number of piperidine rings is 1. The zero-order chi connectivity index (χ0) is 15.2. The summed E-state index contributed by atoms with van der Waals surface area (Å²) in [6.07, 6.45) is 3.13. The predicted octanol–water partition coefficient (Wildman–Crippen LogP) is 3.59. The van der Waals surface area contributed by atoms with Crippen molar-refractivity contribution < 1.29 is 4.79 Å². The Kier molecular flexibility index (Phi) is 6.24. The summed E-state index contributed by atoms with van der Waals surface area (Å²) in [6.45, 7) is 8.74. The summed E-state index contributed by atoms with van der Waals surface area (Å²) in [4.78, 5) is 13.6. The molecular formula is C17H28N2OS. The highest BCUT2D eigenvalue weighted by Crippen LogP contribution is 2.27. The highest BCUT2D eigenvalue weighted by Gasteiger charge is 2.24. The number of hydrogen-bond acceptors (Lipinski definition) is 3. The maximum absolute atomic E-state index is 12.4. The minimum Gasteiger partial charge on any atom is -0.348 e. The molecule has 0 aromatic carbocycles. The van der Waals surface area contributed by atoms with Crippen LogP contribution in [0, 0.1) is 17.8 Å². The lowest BCUT2D eigenvalue weighted by Crippen LogP contribution is -2.37. The van der Waals surface area contributed by atoms with Crippen molar-refractivity contribution in [2.45, 2.75) is 46.1 Å². The molecule has 1 saturated heterocycles. The Morgan fingerprint density at radius 2 is 2.29 bits per heavy atom. The highest BCUT2D eigenvalue weighted by atomic mass is 32.1. The molecule has 21 heavy (non-hydrogen) atoms. The van der Waals surface area contributed by atoms with Crippen LogP contribution in [-0.4, -0.2) is 19.0 Å². The third-order valence-corrected chi connectivity index (χ3v) is 5.44. The molecule has 2 N–H and O–H groups in total. The van der Waals surface area contributed by atoms with Gasteiger partial charge in [-0.1, -0.05) is 26.8 Å². The summed E-state index contributed by atoms with van der Waals surface area (Å²) >= 11 is 1.72. The van der Waals surface area contributed by atoms with E-state index >= 15 is 0 Å². The van der Waals surface area contributed by atoms with Crippen LogP contribution < -0.4 is 10.6 Å². The third-order valence-electron chi connectivity index (χ3n) is 4.48. The summed E-state index contributed by atoms with van der Waals surface area (Å²) < 4.78 is 0. The molecule has 4 heteroatoms. The number of thiophene rings is 1. The molecule has 1 fully saturated rings. The number of rotatable bonds is 6. The normalized spacial score (nSPS) is 22.0. The fourth-order valence-corrected chi connectivity index (χ4v) is 4.04. The highest BCUT2D eigenvalue weighted by molar-refractivity contribution is 7.10. The average molecular weight is 308 g/mol. The Bertz CT molecular complexity index is 424. The number of amides is 1. The van der Waals surface area contributed by atoms with Crippen molar-refractivity contribution in [3.8, 4) is 0 Å². The van der Waals surface area contributed by atoms with E-state index in [4.69, 9.17) is 0 Å². The second kappa shape index (κ2) is 7.95. The Morgan fingerprint density at radius 1 is 1.48 bits per heavy atom. The molecule has 3 nitrogen and oxygen atoms in total. The van der Waals surface area contributed by atoms with Gasteiger partial charge in [-0.15, -0.1) is 11.3 Å². The molecule has 0 bridgehead atoms. The first-order chi connectivity index (χ1) is 10.1. The van der Waals surface area contributed by atoms with Crippen LogP contribution in [0.4, 0.5) is 0 Å². The summed E-state index contributed by atoms with van der Waals surface area (Å²) in [5.74, 6) is 1.71. The molecule has 1 aromatic rings. The van der Waals surface area contributed by atoms with E-state index in [2.05, 4.69) is 48.9 Å². The predicted molar refractivity (Wildman–Crippen MR) is 89.4 cm³/mol. The summed E-state index contributed by atoms with van der Waals surface area (Å²) in [5, 5.41) is 8.76. The van der Waals surface area contributed by atoms with Gasteiger partial charge >= 0.3 is 0 Å². The lowest BCUT2D eigenvalue weighted by atomic mass is 9.85. The standard InChI is InChI=1S/C17H28N2OS/c1-12(2)17(15-7-5-9-21-15)19-16(20)10-13(3)14-6-4-8-18-11-14/h5,7,9,12-14,17-18H,4,6,8,10-11H2,1-3H3,(H,19,20). The van der Waals surface area contributed by atoms with Gasteiger partial charge < -0.3 is 10.6 Å². The van der Waals surface area contributed by atoms with Crippen molar-refractivity contribution in [1.29, 1.82) is 0 Å². The molecule has 0 aliphatic carbocycles. The quantitative estimate of drug-likeness (QED) is 0.843. The first kappa shape index (κ1) is 16.5. The molecule has 0 spiro atoms. The Balaban J connectivity index is 1.87. The maximum Gasteiger partial charge on any atom is 0.220 e. The van der Waals surface area contributed by atoms with Gasteiger partial charge in [-0.3, -0.25) is 4.79 Å². The van der Waals surface area contributed by atoms with Crippen LogP contribution >= 0.6 is 11.3 Å². The van der Waals surface area contributed by atoms with Gasteiger partial charge in [-0.2, -0.15) is 0 Å². The van der Waals surface area contributed by atoms with Crippen LogP contribution in [0.5, 0.6) is 0 Å². The van der Waals surface area contributed by atoms with Gasteiger partial charge in [-0.25, -0.2) is 0 Å². The van der Waals surface area contributed by atoms with Crippen LogP contribution in [-0.2, 0) is 4.79 Å². The minimum absolute atomic E-state index is 0.147. The summed E-state index contributed by atoms with van der Waals surface area (Å²) in [5.41, 5.74) is 0. The molecule has 1 amide bonds. The van der Waals surface area contributed by atoms with Gasteiger partial charge in [-0.05, 0) is 55.1 Å². The fourth-order valence-electron chi connectivity index (χ4n) is 3.09. The van der Waals surface area contributed by atoms with E-state index < -0.39 is 0 Å². The van der Waals surface area contributed by atoms with Crippen molar-refractivity contribution in [1.82, 2.24) is 10.6 Å². The zero-order valence-electron chi connectivity index (χ0n) is 13.4. The SMILES string of the molecule is CC(C)C(NC(=O)CC(C)C1CCCNC1)c1cccs1. The molecule has 1 aliphatic rings. The smallest absolute Gasteiger partial charge is 0.220 e. The number of hydrogen-bond donors (Lipinski definition) is 2. The lowest BCUT2D eigenvalue weighted by molar-refractivity contribution is -0.123. The molecule has 1 aromatic heterocycles. The van der Waals surface area contributed by atoms with Crippen molar-refractivity contribution >= 4 is 17.2 Å². The first-order valence-electron chi connectivity index (χ1n) is 8.11. The molecule has 1 aliphatic heterocycles. The molecule has 0 radical (unpaired) electrons. The van der Waals surface area contributed by atoms with E-state index in [0.29, 0.717) is 24.2 Å². The van der Waals surface area contributed by atoms with Gasteiger partial charge in [0.1, 0.15) is 0 Å². The molecule has 2 rings (SSSR count). The van der Waals surface area contributed by atoms with Gasteiger partial charge in [0.15, 0.2) is 0 Å². The van der Waals surface area contributed by atoms with E-state index in [1.165, 1.54) is 17.7 Å². The Labute approximate surface area is 132 Å². The molecule has 118 valence electrons. The third kappa shape index (κ3) is 4.82. The molecule has 2 heterocycles. The van der Waals surface area contributed by atoms with E-state index in [1.807, 2.05) is 0 Å². The topological polar surface area (TPSA) is 41.1 Å². The van der Waals surface area contributed by atoms with Gasteiger partial charge in [0.05, 0.1) is 6.04 Å². The van der Waals surface area contributed by atoms with Crippen LogP contribution in [0.25, 0.3) is 0 Å². The molecular weight excluding hydrogens is 280 g/mol. The van der Waals surface area contributed by atoms with Gasteiger partial charge in [0.25, 0.3) is 0 Å². The number of carbonyl (C=O) groups excluding carboxylic acids is 1. The lowest BCUT2D eigenvalue weighted by Gasteiger charge is -2.29. The average Bonchev–Trinajstić information content (AvgIpc) is 2.99. The summed E-state index contributed by atoms with van der Waals surface area (Å²) in [7, 11) is 0. The second-order valence-corrected chi connectivity index (χ2v) is 7.57. The number of carbonyl (C=O) groups is 1. The van der Waals surface area contributed by atoms with Crippen molar-refractivity contribution in [3.05, 3.63) is 22.4 Å². The molecule has 0 saturated carbocycles. The van der Waals surface area contributed by atoms with E-state index in [9.17, 15) is 4.79 Å². The van der Waals surface area contributed by atoms with E-state index in [0.717, 1.165) is 13.1 Å². The molecule has 3 atom stereocenters. The van der Waals surface area contributed by atoms with Crippen LogP contribution in [0.2, 0.25) is 0 Å². The van der Waals surface area contributed by atoms with E-state index in [-0.39, 0.29) is 11.9 Å². The maximum atomic E-state index is 12.4. The Morgan fingerprint density at radius 3 is 2.86 bits per heavy atom. The Hall–Kier alpha value is -0.870. The van der Waals surface area contributed by atoms with Crippen molar-refractivity contribution in [3.63, 3.8) is 0 Å². The zero-order valence-corrected chi connectivity index (χ0v) is 14.2. The largest absolute Gasteiger partial charge is 0.348 e.